The Labute approximate surface area is 126 Å². The van der Waals surface area contributed by atoms with E-state index in [1.807, 2.05) is 35.0 Å². The molecular weight excluding hydrogens is 282 g/mol. The Kier molecular flexibility index (Phi) is 3.48. The number of fused-ring (bicyclic) bond motifs is 1. The van der Waals surface area contributed by atoms with Gasteiger partial charge in [-0.05, 0) is 30.7 Å². The van der Waals surface area contributed by atoms with Gasteiger partial charge in [0.2, 0.25) is 5.82 Å². The van der Waals surface area contributed by atoms with Crippen LogP contribution in [0.2, 0.25) is 0 Å². The number of hydrogen-bond acceptors (Lipinski definition) is 5. The van der Waals surface area contributed by atoms with Crippen LogP contribution in [0.15, 0.2) is 42.6 Å². The van der Waals surface area contributed by atoms with Gasteiger partial charge in [-0.2, -0.15) is 0 Å². The maximum Gasteiger partial charge on any atom is 0.311 e. The number of nitrogen functional groups attached to an aromatic ring is 1. The second-order valence-electron chi connectivity index (χ2n) is 4.91. The lowest BCUT2D eigenvalue weighted by atomic mass is 10.1. The average Bonchev–Trinajstić information content (AvgIpc) is 2.86. The fourth-order valence-electron chi connectivity index (χ4n) is 2.54. The van der Waals surface area contributed by atoms with E-state index < -0.39 is 4.92 Å². The van der Waals surface area contributed by atoms with E-state index >= 15 is 0 Å². The number of rotatable bonds is 4. The summed E-state index contributed by atoms with van der Waals surface area (Å²) in [5.74, 6) is 0.447. The van der Waals surface area contributed by atoms with Crippen molar-refractivity contribution in [1.82, 2.24) is 9.55 Å². The van der Waals surface area contributed by atoms with Crippen LogP contribution in [0.25, 0.3) is 16.7 Å². The van der Waals surface area contributed by atoms with E-state index in [9.17, 15) is 10.1 Å². The molecule has 0 aliphatic heterocycles. The summed E-state index contributed by atoms with van der Waals surface area (Å²) in [7, 11) is 0. The molecule has 2 aromatic heterocycles. The summed E-state index contributed by atoms with van der Waals surface area (Å²) in [6.45, 7) is 0.545. The van der Waals surface area contributed by atoms with E-state index in [-0.39, 0.29) is 11.5 Å². The Bertz CT molecular complexity index is 856. The minimum atomic E-state index is -0.542. The van der Waals surface area contributed by atoms with Crippen LogP contribution in [0.1, 0.15) is 5.56 Å². The van der Waals surface area contributed by atoms with Gasteiger partial charge >= 0.3 is 5.69 Å². The van der Waals surface area contributed by atoms with Gasteiger partial charge in [0.05, 0.1) is 10.4 Å². The molecule has 0 aliphatic rings. The fourth-order valence-corrected chi connectivity index (χ4v) is 2.54. The summed E-state index contributed by atoms with van der Waals surface area (Å²) >= 11 is 0. The van der Waals surface area contributed by atoms with Crippen LogP contribution in [0.5, 0.6) is 0 Å². The highest BCUT2D eigenvalue weighted by atomic mass is 16.6. The van der Waals surface area contributed by atoms with Gasteiger partial charge in [-0.1, -0.05) is 18.2 Å². The van der Waals surface area contributed by atoms with Crippen molar-refractivity contribution in [2.75, 3.05) is 12.3 Å². The molecule has 0 saturated heterocycles. The van der Waals surface area contributed by atoms with Crippen LogP contribution in [-0.4, -0.2) is 21.0 Å². The first kappa shape index (κ1) is 14.0. The molecule has 3 rings (SSSR count). The quantitative estimate of drug-likeness (QED) is 0.565. The molecule has 0 fully saturated rings. The summed E-state index contributed by atoms with van der Waals surface area (Å²) in [5.41, 5.74) is 13.2. The second kappa shape index (κ2) is 5.45. The van der Waals surface area contributed by atoms with Gasteiger partial charge in [0.1, 0.15) is 5.82 Å². The maximum absolute atomic E-state index is 10.8. The predicted molar refractivity (Wildman–Crippen MR) is 84.9 cm³/mol. The molecule has 0 unspecified atom stereocenters. The van der Waals surface area contributed by atoms with Crippen molar-refractivity contribution in [3.63, 3.8) is 0 Å². The molecule has 3 aromatic rings. The van der Waals surface area contributed by atoms with E-state index in [0.717, 1.165) is 22.9 Å². The molecule has 2 heterocycles. The van der Waals surface area contributed by atoms with Gasteiger partial charge in [0, 0.05) is 17.6 Å². The summed E-state index contributed by atoms with van der Waals surface area (Å²) in [6, 6.07) is 10.8. The molecule has 0 saturated carbocycles. The first-order valence-electron chi connectivity index (χ1n) is 6.82. The predicted octanol–water partition coefficient (Wildman–Crippen LogP) is 2.02. The van der Waals surface area contributed by atoms with Crippen molar-refractivity contribution >= 4 is 22.4 Å². The highest BCUT2D eigenvalue weighted by molar-refractivity contribution is 5.85. The van der Waals surface area contributed by atoms with Gasteiger partial charge in [-0.25, -0.2) is 4.98 Å². The largest absolute Gasteiger partial charge is 0.378 e. The van der Waals surface area contributed by atoms with E-state index in [0.29, 0.717) is 12.4 Å². The lowest BCUT2D eigenvalue weighted by molar-refractivity contribution is -0.384. The Morgan fingerprint density at radius 2 is 2.00 bits per heavy atom. The number of nitrogens with two attached hydrogens (primary N) is 2. The smallest absolute Gasteiger partial charge is 0.311 e. The number of hydrogen-bond donors (Lipinski definition) is 2. The first-order valence-corrected chi connectivity index (χ1v) is 6.82. The van der Waals surface area contributed by atoms with Gasteiger partial charge < -0.3 is 16.0 Å². The molecule has 4 N–H and O–H groups in total. The Morgan fingerprint density at radius 1 is 1.23 bits per heavy atom. The van der Waals surface area contributed by atoms with Crippen molar-refractivity contribution in [1.29, 1.82) is 0 Å². The molecule has 22 heavy (non-hydrogen) atoms. The standard InChI is InChI=1S/C15H15N5O2/c16-8-7-10-9-19(12-4-2-1-3-11(10)12)14-6-5-13(20(21)22)15(17)18-14/h1-6,9H,7-8,16H2,(H2,17,18). The Morgan fingerprint density at radius 3 is 2.68 bits per heavy atom. The second-order valence-corrected chi connectivity index (χ2v) is 4.91. The molecule has 112 valence electrons. The van der Waals surface area contributed by atoms with Gasteiger partial charge in [0.15, 0.2) is 0 Å². The molecular formula is C15H15N5O2. The molecule has 0 spiro atoms. The Balaban J connectivity index is 2.18. The third-order valence-electron chi connectivity index (χ3n) is 3.54. The van der Waals surface area contributed by atoms with Crippen LogP contribution in [0.3, 0.4) is 0 Å². The monoisotopic (exact) mass is 297 g/mol. The third kappa shape index (κ3) is 2.27. The number of nitro groups is 1. The van der Waals surface area contributed by atoms with Crippen LogP contribution in [-0.2, 0) is 6.42 Å². The van der Waals surface area contributed by atoms with Crippen molar-refractivity contribution < 1.29 is 4.92 Å². The molecule has 0 amide bonds. The van der Waals surface area contributed by atoms with Crippen LogP contribution in [0, 0.1) is 10.1 Å². The number of para-hydroxylation sites is 1. The van der Waals surface area contributed by atoms with Gasteiger partial charge in [-0.15, -0.1) is 0 Å². The van der Waals surface area contributed by atoms with E-state index in [2.05, 4.69) is 4.98 Å². The first-order chi connectivity index (χ1) is 10.6. The van der Waals surface area contributed by atoms with Crippen LogP contribution in [0.4, 0.5) is 11.5 Å². The van der Waals surface area contributed by atoms with E-state index in [1.54, 1.807) is 6.07 Å². The topological polar surface area (TPSA) is 113 Å². The number of pyridine rings is 1. The number of benzene rings is 1. The highest BCUT2D eigenvalue weighted by Gasteiger charge is 2.15. The fraction of sp³-hybridized carbons (Fsp3) is 0.133. The minimum absolute atomic E-state index is 0.0966. The summed E-state index contributed by atoms with van der Waals surface area (Å²) in [4.78, 5) is 14.5. The lowest BCUT2D eigenvalue weighted by Crippen LogP contribution is -2.03. The summed E-state index contributed by atoms with van der Waals surface area (Å²) in [5, 5.41) is 11.9. The van der Waals surface area contributed by atoms with Crippen LogP contribution >= 0.6 is 0 Å². The van der Waals surface area contributed by atoms with E-state index in [1.165, 1.54) is 6.07 Å². The lowest BCUT2D eigenvalue weighted by Gasteiger charge is -2.05. The van der Waals surface area contributed by atoms with Crippen molar-refractivity contribution in [2.45, 2.75) is 6.42 Å². The minimum Gasteiger partial charge on any atom is -0.378 e. The molecule has 1 aromatic carbocycles. The number of nitrogens with zero attached hydrogens (tertiary/aromatic N) is 3. The zero-order valence-electron chi connectivity index (χ0n) is 11.8. The van der Waals surface area contributed by atoms with Gasteiger partial charge in [0.25, 0.3) is 0 Å². The van der Waals surface area contributed by atoms with E-state index in [4.69, 9.17) is 11.5 Å². The molecule has 0 aliphatic carbocycles. The molecule has 0 radical (unpaired) electrons. The maximum atomic E-state index is 10.8. The molecule has 7 nitrogen and oxygen atoms in total. The zero-order valence-corrected chi connectivity index (χ0v) is 11.8. The van der Waals surface area contributed by atoms with Crippen molar-refractivity contribution in [3.05, 3.63) is 58.3 Å². The summed E-state index contributed by atoms with van der Waals surface area (Å²) < 4.78 is 1.88. The molecule has 0 bridgehead atoms. The van der Waals surface area contributed by atoms with Crippen molar-refractivity contribution in [3.8, 4) is 5.82 Å². The average molecular weight is 297 g/mol. The number of anilines is 1. The van der Waals surface area contributed by atoms with Crippen molar-refractivity contribution in [2.24, 2.45) is 5.73 Å². The highest BCUT2D eigenvalue weighted by Crippen LogP contribution is 2.26. The SMILES string of the molecule is NCCc1cn(-c2ccc([N+](=O)[O-])c(N)n2)c2ccccc12. The Hall–Kier alpha value is -2.93. The normalized spacial score (nSPS) is 11.0. The van der Waals surface area contributed by atoms with Crippen LogP contribution < -0.4 is 11.5 Å². The van der Waals surface area contributed by atoms with Gasteiger partial charge in [-0.3, -0.25) is 10.1 Å². The summed E-state index contributed by atoms with van der Waals surface area (Å²) in [6.07, 6.45) is 2.70. The molecule has 0 atom stereocenters. The number of aromatic nitrogens is 2. The zero-order chi connectivity index (χ0) is 15.7. The third-order valence-corrected chi connectivity index (χ3v) is 3.54. The molecule has 7 heteroatoms.